The Kier molecular flexibility index (Phi) is 6.14. The molecule has 1 saturated carbocycles. The fraction of sp³-hybridized carbons (Fsp3) is 0.316. The molecule has 0 aliphatic heterocycles. The molecular formula is C19H18ClN7O3S. The monoisotopic (exact) mass is 459 g/mol. The smallest absolute Gasteiger partial charge is 0.270 e. The molecule has 1 amide bonds. The van der Waals surface area contributed by atoms with Gasteiger partial charge in [0.05, 0.1) is 15.5 Å². The maximum atomic E-state index is 13.0. The van der Waals surface area contributed by atoms with Crippen molar-refractivity contribution in [3.8, 4) is 0 Å². The number of rotatable bonds is 6. The first kappa shape index (κ1) is 21.2. The highest BCUT2D eigenvalue weighted by atomic mass is 35.5. The highest BCUT2D eigenvalue weighted by molar-refractivity contribution is 7.99. The lowest BCUT2D eigenvalue weighted by Crippen LogP contribution is -2.15. The Hall–Kier alpha value is -3.05. The molecular weight excluding hydrogens is 442 g/mol. The zero-order chi connectivity index (χ0) is 22.0. The van der Waals surface area contributed by atoms with Crippen molar-refractivity contribution in [1.29, 1.82) is 0 Å². The number of hydrogen-bond acceptors (Lipinski definition) is 8. The standard InChI is InChI=1S/C19H18ClN7O3S/c1-26-19(23-24-25-26)31-16-7-6-13(27(29)30)9-14(16)18(28)22-17-15(20)8-12(10-21-17)11-4-2-3-5-11/h6-11H,2-5H2,1H3,(H,21,22,28). The summed E-state index contributed by atoms with van der Waals surface area (Å²) in [6.45, 7) is 0. The van der Waals surface area contributed by atoms with Gasteiger partial charge in [-0.3, -0.25) is 14.9 Å². The summed E-state index contributed by atoms with van der Waals surface area (Å²) in [5, 5.41) is 25.9. The van der Waals surface area contributed by atoms with Gasteiger partial charge >= 0.3 is 0 Å². The third-order valence-electron chi connectivity index (χ3n) is 5.12. The number of non-ortho nitro benzene ring substituents is 1. The van der Waals surface area contributed by atoms with Crippen LogP contribution in [0.2, 0.25) is 5.02 Å². The van der Waals surface area contributed by atoms with Crippen molar-refractivity contribution in [1.82, 2.24) is 25.2 Å². The fourth-order valence-electron chi connectivity index (χ4n) is 3.51. The van der Waals surface area contributed by atoms with Crippen LogP contribution >= 0.6 is 23.4 Å². The van der Waals surface area contributed by atoms with E-state index in [0.29, 0.717) is 21.0 Å². The average Bonchev–Trinajstić information content (AvgIpc) is 3.42. The molecule has 10 nitrogen and oxygen atoms in total. The first-order chi connectivity index (χ1) is 14.9. The van der Waals surface area contributed by atoms with Crippen molar-refractivity contribution in [2.75, 3.05) is 5.32 Å². The number of anilines is 1. The van der Waals surface area contributed by atoms with Crippen molar-refractivity contribution < 1.29 is 9.72 Å². The van der Waals surface area contributed by atoms with E-state index in [1.165, 1.54) is 35.7 Å². The molecule has 0 atom stereocenters. The van der Waals surface area contributed by atoms with Crippen LogP contribution in [0.3, 0.4) is 0 Å². The van der Waals surface area contributed by atoms with Crippen molar-refractivity contribution in [3.05, 3.63) is 56.7 Å². The van der Waals surface area contributed by atoms with Crippen molar-refractivity contribution >= 4 is 40.8 Å². The molecule has 0 saturated heterocycles. The Balaban J connectivity index is 1.61. The van der Waals surface area contributed by atoms with Crippen LogP contribution in [0, 0.1) is 10.1 Å². The Morgan fingerprint density at radius 1 is 1.32 bits per heavy atom. The number of nitro benzene ring substituents is 1. The van der Waals surface area contributed by atoms with Crippen molar-refractivity contribution in [2.24, 2.45) is 7.05 Å². The summed E-state index contributed by atoms with van der Waals surface area (Å²) >= 11 is 7.50. The maximum absolute atomic E-state index is 13.0. The van der Waals surface area contributed by atoms with E-state index in [1.54, 1.807) is 13.2 Å². The predicted molar refractivity (Wildman–Crippen MR) is 114 cm³/mol. The molecule has 1 aliphatic carbocycles. The molecule has 160 valence electrons. The number of halogens is 1. The van der Waals surface area contributed by atoms with E-state index in [-0.39, 0.29) is 17.1 Å². The van der Waals surface area contributed by atoms with Crippen LogP contribution in [0.5, 0.6) is 0 Å². The van der Waals surface area contributed by atoms with E-state index in [2.05, 4.69) is 25.8 Å². The molecule has 1 fully saturated rings. The van der Waals surface area contributed by atoms with Crippen molar-refractivity contribution in [3.63, 3.8) is 0 Å². The zero-order valence-electron chi connectivity index (χ0n) is 16.5. The predicted octanol–water partition coefficient (Wildman–Crippen LogP) is 4.23. The molecule has 0 bridgehead atoms. The number of benzene rings is 1. The van der Waals surface area contributed by atoms with Crippen LogP contribution in [0.15, 0.2) is 40.5 Å². The van der Waals surface area contributed by atoms with Gasteiger partial charge in [0, 0.05) is 30.3 Å². The Morgan fingerprint density at radius 2 is 2.10 bits per heavy atom. The normalized spacial score (nSPS) is 14.0. The number of hydrogen-bond donors (Lipinski definition) is 1. The third kappa shape index (κ3) is 4.67. The zero-order valence-corrected chi connectivity index (χ0v) is 18.1. The minimum atomic E-state index is -0.565. The molecule has 2 aromatic heterocycles. The molecule has 31 heavy (non-hydrogen) atoms. The van der Waals surface area contributed by atoms with E-state index >= 15 is 0 Å². The van der Waals surface area contributed by atoms with Gasteiger partial charge < -0.3 is 5.32 Å². The number of tetrazole rings is 1. The van der Waals surface area contributed by atoms with Crippen LogP contribution in [0.4, 0.5) is 11.5 Å². The Morgan fingerprint density at radius 3 is 2.74 bits per heavy atom. The number of carbonyl (C=O) groups excluding carboxylic acids is 1. The second-order valence-electron chi connectivity index (χ2n) is 7.16. The quantitative estimate of drug-likeness (QED) is 0.428. The van der Waals surface area contributed by atoms with Crippen LogP contribution in [0.25, 0.3) is 0 Å². The van der Waals surface area contributed by atoms with Gasteiger partial charge in [-0.2, -0.15) is 0 Å². The van der Waals surface area contributed by atoms with E-state index in [0.717, 1.165) is 30.2 Å². The van der Waals surface area contributed by atoms with Gasteiger partial charge in [0.2, 0.25) is 5.16 Å². The number of carbonyl (C=O) groups is 1. The van der Waals surface area contributed by atoms with Crippen LogP contribution in [-0.4, -0.2) is 36.0 Å². The van der Waals surface area contributed by atoms with Crippen LogP contribution < -0.4 is 5.32 Å². The molecule has 4 rings (SSSR count). The first-order valence-corrected chi connectivity index (χ1v) is 10.8. The number of nitrogens with one attached hydrogen (secondary N) is 1. The van der Waals surface area contributed by atoms with Gasteiger partial charge in [0.25, 0.3) is 11.6 Å². The summed E-state index contributed by atoms with van der Waals surface area (Å²) in [5.74, 6) is 0.0788. The Labute approximate surface area is 186 Å². The van der Waals surface area contributed by atoms with Gasteiger partial charge in [0.15, 0.2) is 5.82 Å². The number of nitro groups is 1. The van der Waals surface area contributed by atoms with Crippen molar-refractivity contribution in [2.45, 2.75) is 41.7 Å². The minimum absolute atomic E-state index is 0.0972. The van der Waals surface area contributed by atoms with E-state index in [9.17, 15) is 14.9 Å². The molecule has 0 radical (unpaired) electrons. The lowest BCUT2D eigenvalue weighted by molar-refractivity contribution is -0.384. The second kappa shape index (κ2) is 8.98. The lowest BCUT2D eigenvalue weighted by atomic mass is 10.00. The summed E-state index contributed by atoms with van der Waals surface area (Å²) in [4.78, 5) is 28.5. The fourth-order valence-corrected chi connectivity index (χ4v) is 4.57. The van der Waals surface area contributed by atoms with E-state index in [4.69, 9.17) is 11.6 Å². The van der Waals surface area contributed by atoms with Gasteiger partial charge in [-0.25, -0.2) is 9.67 Å². The summed E-state index contributed by atoms with van der Waals surface area (Å²) < 4.78 is 1.44. The molecule has 1 N–H and O–H groups in total. The van der Waals surface area contributed by atoms with E-state index in [1.807, 2.05) is 6.07 Å². The number of amides is 1. The topological polar surface area (TPSA) is 129 Å². The highest BCUT2D eigenvalue weighted by Crippen LogP contribution is 2.36. The van der Waals surface area contributed by atoms with Gasteiger partial charge in [-0.1, -0.05) is 24.4 Å². The molecule has 1 aliphatic rings. The van der Waals surface area contributed by atoms with Gasteiger partial charge in [0.1, 0.15) is 0 Å². The number of aryl methyl sites for hydroxylation is 1. The largest absolute Gasteiger partial charge is 0.305 e. The summed E-state index contributed by atoms with van der Waals surface area (Å²) in [7, 11) is 1.66. The average molecular weight is 460 g/mol. The van der Waals surface area contributed by atoms with Gasteiger partial charge in [-0.05, 0) is 58.6 Å². The molecule has 12 heteroatoms. The molecule has 0 unspecified atom stereocenters. The number of pyridine rings is 1. The molecule has 0 spiro atoms. The summed E-state index contributed by atoms with van der Waals surface area (Å²) in [6.07, 6.45) is 6.32. The molecule has 2 heterocycles. The first-order valence-electron chi connectivity index (χ1n) is 9.58. The lowest BCUT2D eigenvalue weighted by Gasteiger charge is -2.13. The number of nitrogens with zero attached hydrogens (tertiary/aromatic N) is 6. The molecule has 1 aromatic carbocycles. The number of aromatic nitrogens is 5. The minimum Gasteiger partial charge on any atom is -0.305 e. The SMILES string of the molecule is Cn1nnnc1Sc1ccc([N+](=O)[O-])cc1C(=O)Nc1ncc(C2CCCC2)cc1Cl. The van der Waals surface area contributed by atoms with E-state index < -0.39 is 10.8 Å². The summed E-state index contributed by atoms with van der Waals surface area (Å²) in [5.41, 5.74) is 0.947. The summed E-state index contributed by atoms with van der Waals surface area (Å²) in [6, 6.07) is 5.85. The second-order valence-corrected chi connectivity index (χ2v) is 8.58. The van der Waals surface area contributed by atoms with Crippen LogP contribution in [0.1, 0.15) is 47.5 Å². The molecule has 3 aromatic rings. The van der Waals surface area contributed by atoms with Gasteiger partial charge in [-0.15, -0.1) is 5.10 Å². The van der Waals surface area contributed by atoms with Crippen LogP contribution in [-0.2, 0) is 7.05 Å². The third-order valence-corrected chi connectivity index (χ3v) is 6.51. The Bertz CT molecular complexity index is 1150. The maximum Gasteiger partial charge on any atom is 0.270 e. The highest BCUT2D eigenvalue weighted by Gasteiger charge is 2.22.